The van der Waals surface area contributed by atoms with Crippen LogP contribution in [0.5, 0.6) is 0 Å². The van der Waals surface area contributed by atoms with Crippen LogP contribution in [0, 0.1) is 0 Å². The molecule has 0 aromatic carbocycles. The molecule has 1 fully saturated rings. The molecule has 102 valence electrons. The minimum absolute atomic E-state index is 0.255. The molecule has 2 unspecified atom stereocenters. The fourth-order valence-electron chi connectivity index (χ4n) is 2.38. The third-order valence-electron chi connectivity index (χ3n) is 3.44. The lowest BCUT2D eigenvalue weighted by atomic mass is 10.1. The van der Waals surface area contributed by atoms with Gasteiger partial charge in [-0.2, -0.15) is 4.98 Å². The SMILES string of the molecule is CNc1nc(NC(C)C2CCCO2)c2ccsc2n1. The van der Waals surface area contributed by atoms with Gasteiger partial charge in [0.1, 0.15) is 10.6 Å². The summed E-state index contributed by atoms with van der Waals surface area (Å²) in [5.74, 6) is 1.54. The third-order valence-corrected chi connectivity index (χ3v) is 4.24. The predicted octanol–water partition coefficient (Wildman–Crippen LogP) is 2.71. The Labute approximate surface area is 116 Å². The number of hydrogen-bond donors (Lipinski definition) is 2. The monoisotopic (exact) mass is 278 g/mol. The Kier molecular flexibility index (Phi) is 3.52. The molecule has 3 heterocycles. The first-order valence-electron chi connectivity index (χ1n) is 6.59. The molecule has 1 aliphatic heterocycles. The highest BCUT2D eigenvalue weighted by atomic mass is 32.1. The van der Waals surface area contributed by atoms with Crippen molar-refractivity contribution in [3.8, 4) is 0 Å². The van der Waals surface area contributed by atoms with Crippen molar-refractivity contribution >= 4 is 33.3 Å². The molecule has 2 aromatic heterocycles. The molecular formula is C13H18N4OS. The zero-order chi connectivity index (χ0) is 13.2. The number of nitrogens with one attached hydrogen (secondary N) is 2. The minimum atomic E-state index is 0.255. The first kappa shape index (κ1) is 12.6. The van der Waals surface area contributed by atoms with Crippen molar-refractivity contribution in [2.45, 2.75) is 31.9 Å². The van der Waals surface area contributed by atoms with Crippen LogP contribution in [-0.4, -0.2) is 35.8 Å². The fourth-order valence-corrected chi connectivity index (χ4v) is 3.15. The van der Waals surface area contributed by atoms with E-state index in [0.717, 1.165) is 35.5 Å². The normalized spacial score (nSPS) is 20.6. The van der Waals surface area contributed by atoms with Crippen LogP contribution in [0.1, 0.15) is 19.8 Å². The standard InChI is InChI=1S/C13H18N4OS/c1-8(10-4-3-6-18-10)15-11-9-5-7-19-12(9)17-13(14-2)16-11/h5,7-8,10H,3-4,6H2,1-2H3,(H2,14,15,16,17). The maximum atomic E-state index is 5.72. The number of fused-ring (bicyclic) bond motifs is 1. The minimum Gasteiger partial charge on any atom is -0.376 e. The Hall–Kier alpha value is -1.40. The zero-order valence-corrected chi connectivity index (χ0v) is 12.0. The van der Waals surface area contributed by atoms with Crippen LogP contribution < -0.4 is 10.6 Å². The molecule has 1 aliphatic rings. The average Bonchev–Trinajstić information content (AvgIpc) is 3.09. The first-order chi connectivity index (χ1) is 9.28. The van der Waals surface area contributed by atoms with Crippen LogP contribution in [0.4, 0.5) is 11.8 Å². The largest absolute Gasteiger partial charge is 0.376 e. The summed E-state index contributed by atoms with van der Waals surface area (Å²) in [5.41, 5.74) is 0. The van der Waals surface area contributed by atoms with Crippen molar-refractivity contribution in [1.82, 2.24) is 9.97 Å². The average molecular weight is 278 g/mol. The zero-order valence-electron chi connectivity index (χ0n) is 11.1. The van der Waals surface area contributed by atoms with Gasteiger partial charge in [0.25, 0.3) is 0 Å². The number of thiophene rings is 1. The van der Waals surface area contributed by atoms with E-state index in [-0.39, 0.29) is 12.1 Å². The molecular weight excluding hydrogens is 260 g/mol. The number of anilines is 2. The molecule has 0 saturated carbocycles. The lowest BCUT2D eigenvalue weighted by molar-refractivity contribution is 0.0996. The topological polar surface area (TPSA) is 59.1 Å². The van der Waals surface area contributed by atoms with Gasteiger partial charge in [-0.15, -0.1) is 11.3 Å². The van der Waals surface area contributed by atoms with E-state index in [1.165, 1.54) is 0 Å². The summed E-state index contributed by atoms with van der Waals surface area (Å²) in [6, 6.07) is 2.31. The summed E-state index contributed by atoms with van der Waals surface area (Å²) in [6.45, 7) is 3.02. The van der Waals surface area contributed by atoms with E-state index in [9.17, 15) is 0 Å². The molecule has 0 bridgehead atoms. The Morgan fingerprint density at radius 2 is 2.37 bits per heavy atom. The van der Waals surface area contributed by atoms with Gasteiger partial charge in [-0.25, -0.2) is 4.98 Å². The van der Waals surface area contributed by atoms with Gasteiger partial charge in [-0.05, 0) is 31.2 Å². The Balaban J connectivity index is 1.88. The van der Waals surface area contributed by atoms with Crippen LogP contribution in [0.2, 0.25) is 0 Å². The van der Waals surface area contributed by atoms with Crippen LogP contribution in [0.15, 0.2) is 11.4 Å². The molecule has 5 nitrogen and oxygen atoms in total. The molecule has 0 amide bonds. The molecule has 0 aliphatic carbocycles. The summed E-state index contributed by atoms with van der Waals surface area (Å²) in [6.07, 6.45) is 2.54. The molecule has 0 spiro atoms. The Morgan fingerprint density at radius 3 is 3.11 bits per heavy atom. The number of ether oxygens (including phenoxy) is 1. The quantitative estimate of drug-likeness (QED) is 0.900. The molecule has 2 aromatic rings. The number of aromatic nitrogens is 2. The second-order valence-corrected chi connectivity index (χ2v) is 5.66. The summed E-state index contributed by atoms with van der Waals surface area (Å²) in [7, 11) is 1.84. The van der Waals surface area contributed by atoms with Crippen molar-refractivity contribution in [1.29, 1.82) is 0 Å². The smallest absolute Gasteiger partial charge is 0.225 e. The lowest BCUT2D eigenvalue weighted by Gasteiger charge is -2.21. The van der Waals surface area contributed by atoms with Gasteiger partial charge in [0.15, 0.2) is 0 Å². The lowest BCUT2D eigenvalue weighted by Crippen LogP contribution is -2.30. The van der Waals surface area contributed by atoms with Crippen molar-refractivity contribution in [2.75, 3.05) is 24.3 Å². The summed E-state index contributed by atoms with van der Waals surface area (Å²) >= 11 is 1.63. The fraction of sp³-hybridized carbons (Fsp3) is 0.538. The number of hydrogen-bond acceptors (Lipinski definition) is 6. The molecule has 2 N–H and O–H groups in total. The van der Waals surface area contributed by atoms with Gasteiger partial charge >= 0.3 is 0 Å². The molecule has 19 heavy (non-hydrogen) atoms. The maximum absolute atomic E-state index is 5.72. The number of rotatable bonds is 4. The van der Waals surface area contributed by atoms with Crippen LogP contribution in [0.25, 0.3) is 10.2 Å². The molecule has 0 radical (unpaired) electrons. The van der Waals surface area contributed by atoms with Gasteiger partial charge in [0.05, 0.1) is 17.5 Å². The van der Waals surface area contributed by atoms with Crippen molar-refractivity contribution < 1.29 is 4.74 Å². The number of nitrogens with zero attached hydrogens (tertiary/aromatic N) is 2. The maximum Gasteiger partial charge on any atom is 0.225 e. The highest BCUT2D eigenvalue weighted by molar-refractivity contribution is 7.16. The van der Waals surface area contributed by atoms with E-state index in [1.54, 1.807) is 11.3 Å². The van der Waals surface area contributed by atoms with Crippen molar-refractivity contribution in [3.63, 3.8) is 0 Å². The summed E-state index contributed by atoms with van der Waals surface area (Å²) in [4.78, 5) is 9.97. The van der Waals surface area contributed by atoms with E-state index < -0.39 is 0 Å². The summed E-state index contributed by atoms with van der Waals surface area (Å²) in [5, 5.41) is 9.60. The molecule has 2 atom stereocenters. The van der Waals surface area contributed by atoms with Gasteiger partial charge < -0.3 is 15.4 Å². The van der Waals surface area contributed by atoms with Gasteiger partial charge in [0, 0.05) is 13.7 Å². The second kappa shape index (κ2) is 5.30. The van der Waals surface area contributed by atoms with E-state index in [4.69, 9.17) is 4.74 Å². The summed E-state index contributed by atoms with van der Waals surface area (Å²) < 4.78 is 5.72. The molecule has 3 rings (SSSR count). The highest BCUT2D eigenvalue weighted by Gasteiger charge is 2.23. The Bertz CT molecular complexity index is 565. The second-order valence-electron chi connectivity index (χ2n) is 4.77. The van der Waals surface area contributed by atoms with Crippen LogP contribution in [0.3, 0.4) is 0 Å². The van der Waals surface area contributed by atoms with E-state index in [2.05, 4.69) is 33.6 Å². The highest BCUT2D eigenvalue weighted by Crippen LogP contribution is 2.28. The Morgan fingerprint density at radius 1 is 1.47 bits per heavy atom. The molecule has 1 saturated heterocycles. The van der Waals surface area contributed by atoms with E-state index in [1.807, 2.05) is 12.4 Å². The van der Waals surface area contributed by atoms with E-state index in [0.29, 0.717) is 5.95 Å². The first-order valence-corrected chi connectivity index (χ1v) is 7.47. The van der Waals surface area contributed by atoms with E-state index >= 15 is 0 Å². The van der Waals surface area contributed by atoms with Gasteiger partial charge in [-0.1, -0.05) is 0 Å². The third kappa shape index (κ3) is 2.50. The van der Waals surface area contributed by atoms with Crippen molar-refractivity contribution in [3.05, 3.63) is 11.4 Å². The van der Waals surface area contributed by atoms with Gasteiger partial charge in [0.2, 0.25) is 5.95 Å². The van der Waals surface area contributed by atoms with Crippen LogP contribution in [-0.2, 0) is 4.74 Å². The van der Waals surface area contributed by atoms with Crippen LogP contribution >= 0.6 is 11.3 Å². The molecule has 6 heteroatoms. The van der Waals surface area contributed by atoms with Gasteiger partial charge in [-0.3, -0.25) is 0 Å². The predicted molar refractivity (Wildman–Crippen MR) is 79.0 cm³/mol. The van der Waals surface area contributed by atoms with Crippen molar-refractivity contribution in [2.24, 2.45) is 0 Å².